The third kappa shape index (κ3) is 6.33. The van der Waals surface area contributed by atoms with E-state index in [4.69, 9.17) is 5.11 Å². The number of nitrogens with one attached hydrogen (secondary N) is 1. The van der Waals surface area contributed by atoms with Crippen molar-refractivity contribution in [1.29, 1.82) is 0 Å². The Morgan fingerprint density at radius 3 is 2.29 bits per heavy atom. The summed E-state index contributed by atoms with van der Waals surface area (Å²) in [6.45, 7) is 6.16. The van der Waals surface area contributed by atoms with E-state index in [0.717, 1.165) is 13.0 Å². The second-order valence-corrected chi connectivity index (χ2v) is 6.64. The second-order valence-electron chi connectivity index (χ2n) is 6.64. The van der Waals surface area contributed by atoms with E-state index in [1.807, 2.05) is 14.1 Å². The number of piperidine rings is 1. The van der Waals surface area contributed by atoms with E-state index in [1.165, 1.54) is 0 Å². The fourth-order valence-electron chi connectivity index (χ4n) is 2.78. The Bertz CT molecular complexity index is 340. The van der Waals surface area contributed by atoms with Gasteiger partial charge in [0.2, 0.25) is 0 Å². The molecule has 2 N–H and O–H groups in total. The summed E-state index contributed by atoms with van der Waals surface area (Å²) in [5.74, 6) is -0.532. The lowest BCUT2D eigenvalue weighted by Gasteiger charge is -2.32. The molecule has 1 aliphatic heterocycles. The third-order valence-corrected chi connectivity index (χ3v) is 3.80. The van der Waals surface area contributed by atoms with Crippen molar-refractivity contribution in [2.24, 2.45) is 11.8 Å². The molecule has 0 bridgehead atoms. The number of carbonyl (C=O) groups excluding carboxylic acids is 1. The average molecular weight is 299 g/mol. The summed E-state index contributed by atoms with van der Waals surface area (Å²) < 4.78 is 0. The minimum Gasteiger partial charge on any atom is -0.481 e. The number of hydrogen-bond donors (Lipinski definition) is 2. The largest absolute Gasteiger partial charge is 0.481 e. The van der Waals surface area contributed by atoms with Crippen molar-refractivity contribution in [2.75, 3.05) is 33.7 Å². The minimum absolute atomic E-state index is 0.0636. The molecule has 1 rings (SSSR count). The molecule has 0 spiro atoms. The lowest BCUT2D eigenvalue weighted by molar-refractivity contribution is -0.143. The predicted molar refractivity (Wildman–Crippen MR) is 82.3 cm³/mol. The number of aliphatic carboxylic acids is 1. The monoisotopic (exact) mass is 299 g/mol. The highest BCUT2D eigenvalue weighted by Crippen LogP contribution is 2.17. The summed E-state index contributed by atoms with van der Waals surface area (Å²) in [7, 11) is 4.00. The van der Waals surface area contributed by atoms with Gasteiger partial charge in [0.05, 0.1) is 5.92 Å². The normalized spacial score (nSPS) is 18.1. The van der Waals surface area contributed by atoms with Crippen LogP contribution in [-0.2, 0) is 4.79 Å². The molecule has 2 amide bonds. The zero-order valence-electron chi connectivity index (χ0n) is 13.6. The fraction of sp³-hybridized carbons (Fsp3) is 0.867. The average Bonchev–Trinajstić information content (AvgIpc) is 2.37. The van der Waals surface area contributed by atoms with Crippen LogP contribution in [0.1, 0.15) is 33.1 Å². The maximum Gasteiger partial charge on any atom is 0.317 e. The van der Waals surface area contributed by atoms with Crippen molar-refractivity contribution in [3.05, 3.63) is 0 Å². The van der Waals surface area contributed by atoms with Gasteiger partial charge in [0.1, 0.15) is 0 Å². The first-order chi connectivity index (χ1) is 9.79. The van der Waals surface area contributed by atoms with E-state index < -0.39 is 5.97 Å². The van der Waals surface area contributed by atoms with Gasteiger partial charge in [-0.2, -0.15) is 0 Å². The van der Waals surface area contributed by atoms with Crippen LogP contribution in [0.15, 0.2) is 0 Å². The Morgan fingerprint density at radius 1 is 1.29 bits per heavy atom. The fourth-order valence-corrected chi connectivity index (χ4v) is 2.78. The lowest BCUT2D eigenvalue weighted by Crippen LogP contribution is -2.51. The van der Waals surface area contributed by atoms with E-state index in [-0.39, 0.29) is 18.0 Å². The van der Waals surface area contributed by atoms with Crippen LogP contribution in [0.3, 0.4) is 0 Å². The van der Waals surface area contributed by atoms with E-state index in [0.29, 0.717) is 31.8 Å². The van der Waals surface area contributed by atoms with Crippen LogP contribution in [0.5, 0.6) is 0 Å². The van der Waals surface area contributed by atoms with Crippen molar-refractivity contribution in [2.45, 2.75) is 39.2 Å². The minimum atomic E-state index is -0.750. The molecule has 1 heterocycles. The van der Waals surface area contributed by atoms with Gasteiger partial charge in [0, 0.05) is 25.7 Å². The molecule has 1 fully saturated rings. The molecule has 122 valence electrons. The molecule has 1 atom stereocenters. The smallest absolute Gasteiger partial charge is 0.317 e. The molecular weight excluding hydrogens is 270 g/mol. The Labute approximate surface area is 127 Å². The first kappa shape index (κ1) is 17.8. The number of carboxylic acid groups (broad SMARTS) is 1. The molecule has 6 nitrogen and oxygen atoms in total. The standard InChI is InChI=1S/C15H29N3O3/c1-11(2)9-13(10-17(3)4)16-15(21)18-7-5-12(6-8-18)14(19)20/h11-13H,5-10H2,1-4H3,(H,16,21)(H,19,20). The molecule has 0 radical (unpaired) electrons. The van der Waals surface area contributed by atoms with Crippen molar-refractivity contribution in [1.82, 2.24) is 15.1 Å². The molecule has 1 aliphatic rings. The third-order valence-electron chi connectivity index (χ3n) is 3.80. The highest BCUT2D eigenvalue weighted by atomic mass is 16.4. The van der Waals surface area contributed by atoms with Crippen LogP contribution >= 0.6 is 0 Å². The Morgan fingerprint density at radius 2 is 1.86 bits per heavy atom. The van der Waals surface area contributed by atoms with Crippen LogP contribution in [0.25, 0.3) is 0 Å². The lowest BCUT2D eigenvalue weighted by atomic mass is 9.97. The van der Waals surface area contributed by atoms with Gasteiger partial charge in [-0.25, -0.2) is 4.79 Å². The van der Waals surface area contributed by atoms with Gasteiger partial charge in [-0.05, 0) is 39.3 Å². The summed E-state index contributed by atoms with van der Waals surface area (Å²) in [5.41, 5.74) is 0. The first-order valence-electron chi connectivity index (χ1n) is 7.72. The molecular formula is C15H29N3O3. The molecule has 6 heteroatoms. The quantitative estimate of drug-likeness (QED) is 0.779. The molecule has 21 heavy (non-hydrogen) atoms. The highest BCUT2D eigenvalue weighted by molar-refractivity contribution is 5.75. The number of rotatable bonds is 6. The number of urea groups is 1. The number of carbonyl (C=O) groups is 2. The number of amides is 2. The Hall–Kier alpha value is -1.30. The van der Waals surface area contributed by atoms with Crippen LogP contribution < -0.4 is 5.32 Å². The van der Waals surface area contributed by atoms with Gasteiger partial charge >= 0.3 is 12.0 Å². The molecule has 1 saturated heterocycles. The molecule has 0 aromatic rings. The number of likely N-dealkylation sites (tertiary alicyclic amines) is 1. The van der Waals surface area contributed by atoms with Gasteiger partial charge in [-0.15, -0.1) is 0 Å². The molecule has 0 aliphatic carbocycles. The van der Waals surface area contributed by atoms with Gasteiger partial charge in [0.15, 0.2) is 0 Å². The summed E-state index contributed by atoms with van der Waals surface area (Å²) in [6, 6.07) is 0.0658. The molecule has 0 saturated carbocycles. The van der Waals surface area contributed by atoms with Crippen molar-refractivity contribution < 1.29 is 14.7 Å². The van der Waals surface area contributed by atoms with Gasteiger partial charge in [-0.1, -0.05) is 13.8 Å². The van der Waals surface area contributed by atoms with Crippen LogP contribution in [0, 0.1) is 11.8 Å². The van der Waals surface area contributed by atoms with Crippen molar-refractivity contribution in [3.8, 4) is 0 Å². The summed E-state index contributed by atoms with van der Waals surface area (Å²) >= 11 is 0. The maximum atomic E-state index is 12.3. The first-order valence-corrected chi connectivity index (χ1v) is 7.72. The van der Waals surface area contributed by atoms with E-state index in [9.17, 15) is 9.59 Å². The number of likely N-dealkylation sites (N-methyl/N-ethyl adjacent to an activating group) is 1. The van der Waals surface area contributed by atoms with E-state index in [1.54, 1.807) is 4.90 Å². The molecule has 0 aromatic heterocycles. The highest BCUT2D eigenvalue weighted by Gasteiger charge is 2.28. The molecule has 1 unspecified atom stereocenters. The second kappa shape index (κ2) is 8.22. The summed E-state index contributed by atoms with van der Waals surface area (Å²) in [4.78, 5) is 27.0. The van der Waals surface area contributed by atoms with Crippen molar-refractivity contribution in [3.63, 3.8) is 0 Å². The Balaban J connectivity index is 2.48. The number of nitrogens with zero attached hydrogens (tertiary/aromatic N) is 2. The van der Waals surface area contributed by atoms with Crippen LogP contribution in [0.4, 0.5) is 4.79 Å². The topological polar surface area (TPSA) is 72.9 Å². The predicted octanol–water partition coefficient (Wildman–Crippen LogP) is 1.47. The zero-order chi connectivity index (χ0) is 16.0. The Kier molecular flexibility index (Phi) is 6.95. The van der Waals surface area contributed by atoms with Gasteiger partial charge in [-0.3, -0.25) is 4.79 Å². The van der Waals surface area contributed by atoms with Gasteiger partial charge in [0.25, 0.3) is 0 Å². The van der Waals surface area contributed by atoms with Crippen LogP contribution in [0.2, 0.25) is 0 Å². The number of carboxylic acids is 1. The number of hydrogen-bond acceptors (Lipinski definition) is 3. The summed E-state index contributed by atoms with van der Waals surface area (Å²) in [6.07, 6.45) is 2.03. The van der Waals surface area contributed by atoms with E-state index in [2.05, 4.69) is 24.1 Å². The summed E-state index contributed by atoms with van der Waals surface area (Å²) in [5, 5.41) is 12.1. The van der Waals surface area contributed by atoms with Gasteiger partial charge < -0.3 is 20.2 Å². The molecule has 0 aromatic carbocycles. The SMILES string of the molecule is CC(C)CC(CN(C)C)NC(=O)N1CCC(C(=O)O)CC1. The van der Waals surface area contributed by atoms with Crippen LogP contribution in [-0.4, -0.2) is 66.7 Å². The zero-order valence-corrected chi connectivity index (χ0v) is 13.6. The van der Waals surface area contributed by atoms with Crippen molar-refractivity contribution >= 4 is 12.0 Å². The maximum absolute atomic E-state index is 12.3. The van der Waals surface area contributed by atoms with E-state index >= 15 is 0 Å².